The number of carbonyl (C=O) groups excluding carboxylic acids is 1. The number of aromatic nitrogens is 1. The van der Waals surface area contributed by atoms with Crippen molar-refractivity contribution in [1.82, 2.24) is 10.3 Å². The van der Waals surface area contributed by atoms with Gasteiger partial charge in [-0.3, -0.25) is 9.78 Å². The topological polar surface area (TPSA) is 88.2 Å². The molecule has 2 aromatic rings. The van der Waals surface area contributed by atoms with Gasteiger partial charge in [0.15, 0.2) is 0 Å². The Bertz CT molecular complexity index is 764. The van der Waals surface area contributed by atoms with Crippen molar-refractivity contribution in [1.29, 1.82) is 0 Å². The molecule has 1 amide bonds. The van der Waals surface area contributed by atoms with Gasteiger partial charge in [-0.15, -0.1) is 0 Å². The lowest BCUT2D eigenvalue weighted by Crippen LogP contribution is -2.39. The van der Waals surface area contributed by atoms with Gasteiger partial charge in [0.05, 0.1) is 17.4 Å². The highest BCUT2D eigenvalue weighted by atomic mass is 19.1. The van der Waals surface area contributed by atoms with Crippen molar-refractivity contribution in [2.45, 2.75) is 37.8 Å². The molecule has 0 spiro atoms. The van der Waals surface area contributed by atoms with Gasteiger partial charge in [-0.1, -0.05) is 18.2 Å². The average molecular weight is 357 g/mol. The highest BCUT2D eigenvalue weighted by molar-refractivity contribution is 5.95. The molecule has 0 bridgehead atoms. The summed E-state index contributed by atoms with van der Waals surface area (Å²) >= 11 is 0. The Morgan fingerprint density at radius 1 is 1.27 bits per heavy atom. The van der Waals surface area contributed by atoms with E-state index in [2.05, 4.69) is 10.3 Å². The first-order chi connectivity index (χ1) is 12.5. The Labute approximate surface area is 152 Å². The number of halogens is 1. The minimum atomic E-state index is -0.931. The maximum Gasteiger partial charge on any atom is 0.253 e. The summed E-state index contributed by atoms with van der Waals surface area (Å²) in [6, 6.07) is 9.10. The van der Waals surface area contributed by atoms with Crippen molar-refractivity contribution in [2.75, 3.05) is 6.54 Å². The van der Waals surface area contributed by atoms with E-state index in [1.54, 1.807) is 36.5 Å². The SMILES string of the molecule is N[C@H](Cc1ccccc1F)[C@@H](O)Cc1ncccc1C(=O)NCC1CC1. The number of benzene rings is 1. The van der Waals surface area contributed by atoms with E-state index in [0.717, 1.165) is 12.8 Å². The number of nitrogens with one attached hydrogen (secondary N) is 1. The number of aliphatic hydroxyl groups is 1. The van der Waals surface area contributed by atoms with Gasteiger partial charge >= 0.3 is 0 Å². The lowest BCUT2D eigenvalue weighted by Gasteiger charge is -2.20. The summed E-state index contributed by atoms with van der Waals surface area (Å²) in [6.07, 6.45) is 3.32. The van der Waals surface area contributed by atoms with Gasteiger partial charge in [0.2, 0.25) is 0 Å². The molecule has 1 aromatic heterocycles. The van der Waals surface area contributed by atoms with Gasteiger partial charge in [0.1, 0.15) is 5.82 Å². The molecule has 0 saturated heterocycles. The highest BCUT2D eigenvalue weighted by Crippen LogP contribution is 2.27. The van der Waals surface area contributed by atoms with Crippen molar-refractivity contribution in [3.8, 4) is 0 Å². The zero-order valence-corrected chi connectivity index (χ0v) is 14.6. The first-order valence-corrected chi connectivity index (χ1v) is 8.93. The first-order valence-electron chi connectivity index (χ1n) is 8.93. The zero-order valence-electron chi connectivity index (χ0n) is 14.6. The summed E-state index contributed by atoms with van der Waals surface area (Å²) < 4.78 is 13.8. The smallest absolute Gasteiger partial charge is 0.253 e. The summed E-state index contributed by atoms with van der Waals surface area (Å²) in [5.74, 6) is 0.0573. The van der Waals surface area contributed by atoms with Crippen molar-refractivity contribution in [3.05, 3.63) is 65.2 Å². The van der Waals surface area contributed by atoms with Crippen LogP contribution in [0.1, 0.15) is 34.5 Å². The Morgan fingerprint density at radius 3 is 2.77 bits per heavy atom. The quantitative estimate of drug-likeness (QED) is 0.673. The van der Waals surface area contributed by atoms with E-state index in [0.29, 0.717) is 29.3 Å². The van der Waals surface area contributed by atoms with Gasteiger partial charge in [-0.2, -0.15) is 0 Å². The molecular formula is C20H24FN3O2. The standard InChI is InChI=1S/C20H24FN3O2/c21-16-6-2-1-4-14(16)10-17(22)19(25)11-18-15(5-3-9-23-18)20(26)24-12-13-7-8-13/h1-6,9,13,17,19,25H,7-8,10-12,22H2,(H,24,26)/t17-,19+/m1/s1. The molecule has 0 aliphatic heterocycles. The second-order valence-corrected chi connectivity index (χ2v) is 6.88. The predicted octanol–water partition coefficient (Wildman–Crippen LogP) is 1.83. The molecule has 6 heteroatoms. The minimum Gasteiger partial charge on any atom is -0.391 e. The van der Waals surface area contributed by atoms with Crippen molar-refractivity contribution >= 4 is 5.91 Å². The number of nitrogens with zero attached hydrogens (tertiary/aromatic N) is 1. The molecule has 3 rings (SSSR count). The van der Waals surface area contributed by atoms with Crippen LogP contribution in [0.25, 0.3) is 0 Å². The average Bonchev–Trinajstić information content (AvgIpc) is 3.46. The maximum absolute atomic E-state index is 13.8. The van der Waals surface area contributed by atoms with Crippen LogP contribution >= 0.6 is 0 Å². The molecule has 0 unspecified atom stereocenters. The molecule has 2 atom stereocenters. The van der Waals surface area contributed by atoms with Gasteiger partial charge in [0.25, 0.3) is 5.91 Å². The third kappa shape index (κ3) is 4.86. The highest BCUT2D eigenvalue weighted by Gasteiger charge is 2.24. The van der Waals surface area contributed by atoms with Gasteiger partial charge < -0.3 is 16.2 Å². The number of pyridine rings is 1. The van der Waals surface area contributed by atoms with E-state index in [1.165, 1.54) is 6.07 Å². The number of rotatable bonds is 8. The number of aliphatic hydroxyl groups excluding tert-OH is 1. The monoisotopic (exact) mass is 357 g/mol. The summed E-state index contributed by atoms with van der Waals surface area (Å²) in [7, 11) is 0. The Morgan fingerprint density at radius 2 is 2.04 bits per heavy atom. The number of nitrogens with two attached hydrogens (primary N) is 1. The van der Waals surface area contributed by atoms with Crippen LogP contribution < -0.4 is 11.1 Å². The van der Waals surface area contributed by atoms with Gasteiger partial charge in [-0.05, 0) is 48.9 Å². The fraction of sp³-hybridized carbons (Fsp3) is 0.400. The third-order valence-electron chi connectivity index (χ3n) is 4.69. The molecule has 1 aliphatic carbocycles. The van der Waals surface area contributed by atoms with Crippen LogP contribution in [0.3, 0.4) is 0 Å². The Hall–Kier alpha value is -2.31. The molecule has 1 saturated carbocycles. The Balaban J connectivity index is 1.63. The molecule has 138 valence electrons. The van der Waals surface area contributed by atoms with E-state index in [9.17, 15) is 14.3 Å². The van der Waals surface area contributed by atoms with Crippen LogP contribution in [0.4, 0.5) is 4.39 Å². The zero-order chi connectivity index (χ0) is 18.5. The van der Waals surface area contributed by atoms with Crippen molar-refractivity contribution < 1.29 is 14.3 Å². The lowest BCUT2D eigenvalue weighted by atomic mass is 9.97. The summed E-state index contributed by atoms with van der Waals surface area (Å²) in [6.45, 7) is 0.669. The third-order valence-corrected chi connectivity index (χ3v) is 4.69. The number of amides is 1. The van der Waals surface area contributed by atoms with Crippen LogP contribution in [0, 0.1) is 11.7 Å². The maximum atomic E-state index is 13.8. The van der Waals surface area contributed by atoms with Gasteiger partial charge in [-0.25, -0.2) is 4.39 Å². The van der Waals surface area contributed by atoms with Crippen LogP contribution in [-0.4, -0.2) is 34.7 Å². The molecule has 1 aromatic carbocycles. The second kappa shape index (κ2) is 8.38. The Kier molecular flexibility index (Phi) is 5.96. The van der Waals surface area contributed by atoms with Crippen LogP contribution in [0.5, 0.6) is 0 Å². The molecular weight excluding hydrogens is 333 g/mol. The fourth-order valence-corrected chi connectivity index (χ4v) is 2.87. The molecule has 5 nitrogen and oxygen atoms in total. The normalized spacial score (nSPS) is 16.1. The van der Waals surface area contributed by atoms with Crippen molar-refractivity contribution in [2.24, 2.45) is 11.7 Å². The molecule has 1 fully saturated rings. The van der Waals surface area contributed by atoms with Crippen molar-refractivity contribution in [3.63, 3.8) is 0 Å². The largest absolute Gasteiger partial charge is 0.391 e. The van der Waals surface area contributed by atoms with E-state index in [1.807, 2.05) is 0 Å². The molecule has 26 heavy (non-hydrogen) atoms. The summed E-state index contributed by atoms with van der Waals surface area (Å²) in [4.78, 5) is 16.6. The van der Waals surface area contributed by atoms with Crippen LogP contribution in [0.2, 0.25) is 0 Å². The number of hydrogen-bond acceptors (Lipinski definition) is 4. The molecule has 1 aliphatic rings. The van der Waals surface area contributed by atoms with Crippen LogP contribution in [-0.2, 0) is 12.8 Å². The molecule has 1 heterocycles. The number of carbonyl (C=O) groups is 1. The van der Waals surface area contributed by atoms with E-state index < -0.39 is 12.1 Å². The predicted molar refractivity (Wildman–Crippen MR) is 97.1 cm³/mol. The minimum absolute atomic E-state index is 0.142. The van der Waals surface area contributed by atoms with E-state index >= 15 is 0 Å². The number of hydrogen-bond donors (Lipinski definition) is 3. The molecule has 4 N–H and O–H groups in total. The lowest BCUT2D eigenvalue weighted by molar-refractivity contribution is 0.0948. The van der Waals surface area contributed by atoms with Gasteiger partial charge in [0, 0.05) is 25.2 Å². The first kappa shape index (κ1) is 18.5. The van der Waals surface area contributed by atoms with E-state index in [-0.39, 0.29) is 24.6 Å². The fourth-order valence-electron chi connectivity index (χ4n) is 2.87. The van der Waals surface area contributed by atoms with Crippen LogP contribution in [0.15, 0.2) is 42.6 Å². The molecule has 0 radical (unpaired) electrons. The summed E-state index contributed by atoms with van der Waals surface area (Å²) in [5.41, 5.74) is 7.46. The van der Waals surface area contributed by atoms with E-state index in [4.69, 9.17) is 5.73 Å². The second-order valence-electron chi connectivity index (χ2n) is 6.88. The summed E-state index contributed by atoms with van der Waals surface area (Å²) in [5, 5.41) is 13.3.